The van der Waals surface area contributed by atoms with E-state index in [2.05, 4.69) is 20.3 Å². The van der Waals surface area contributed by atoms with Crippen LogP contribution in [0, 0.1) is 0 Å². The molecule has 0 radical (unpaired) electrons. The highest BCUT2D eigenvalue weighted by Crippen LogP contribution is 2.31. The summed E-state index contributed by atoms with van der Waals surface area (Å²) in [5, 5.41) is 11.9. The van der Waals surface area contributed by atoms with E-state index in [1.54, 1.807) is 6.07 Å². The molecular weight excluding hydrogens is 323 g/mol. The van der Waals surface area contributed by atoms with Crippen LogP contribution in [-0.2, 0) is 17.5 Å². The van der Waals surface area contributed by atoms with Crippen molar-refractivity contribution in [2.24, 2.45) is 0 Å². The number of hydrogen-bond donors (Lipinski definition) is 0. The number of aryl methyl sites for hydroxylation is 1. The predicted molar refractivity (Wildman–Crippen MR) is 80.1 cm³/mol. The summed E-state index contributed by atoms with van der Waals surface area (Å²) in [6.45, 7) is 4.82. The second kappa shape index (κ2) is 7.27. The molecule has 3 rings (SSSR count). The minimum Gasteiger partial charge on any atom is -0.379 e. The summed E-state index contributed by atoms with van der Waals surface area (Å²) >= 11 is 0. The number of nitrogens with zero attached hydrogens (tertiary/aromatic N) is 5. The second-order valence-electron chi connectivity index (χ2n) is 5.60. The third-order valence-corrected chi connectivity index (χ3v) is 3.84. The van der Waals surface area contributed by atoms with E-state index in [4.69, 9.17) is 4.74 Å². The number of morpholine rings is 1. The van der Waals surface area contributed by atoms with Crippen molar-refractivity contribution in [1.29, 1.82) is 0 Å². The molecule has 2 aromatic rings. The molecule has 0 spiro atoms. The molecular formula is C15H18F3N5O. The summed E-state index contributed by atoms with van der Waals surface area (Å²) < 4.78 is 43.6. The van der Waals surface area contributed by atoms with E-state index < -0.39 is 11.7 Å². The lowest BCUT2D eigenvalue weighted by Crippen LogP contribution is -2.37. The molecule has 0 aliphatic carbocycles. The third kappa shape index (κ3) is 4.30. The van der Waals surface area contributed by atoms with Crippen molar-refractivity contribution < 1.29 is 17.9 Å². The molecule has 0 atom stereocenters. The SMILES string of the molecule is FC(F)(F)c1cccc(-c2nnn(CCCN3CCOCC3)n2)c1. The van der Waals surface area contributed by atoms with Crippen LogP contribution in [0.4, 0.5) is 13.2 Å². The van der Waals surface area contributed by atoms with Crippen molar-refractivity contribution in [3.8, 4) is 11.4 Å². The molecule has 0 unspecified atom stereocenters. The molecule has 1 aliphatic heterocycles. The van der Waals surface area contributed by atoms with Gasteiger partial charge >= 0.3 is 6.18 Å². The minimum atomic E-state index is -4.38. The Morgan fingerprint density at radius 2 is 1.92 bits per heavy atom. The molecule has 2 heterocycles. The summed E-state index contributed by atoms with van der Waals surface area (Å²) in [4.78, 5) is 3.73. The Kier molecular flexibility index (Phi) is 5.10. The number of ether oxygens (including phenoxy) is 1. The van der Waals surface area contributed by atoms with E-state index in [1.165, 1.54) is 10.9 Å². The van der Waals surface area contributed by atoms with Gasteiger partial charge in [0, 0.05) is 25.2 Å². The lowest BCUT2D eigenvalue weighted by Gasteiger charge is -2.26. The molecule has 6 nitrogen and oxygen atoms in total. The minimum absolute atomic E-state index is 0.201. The fraction of sp³-hybridized carbons (Fsp3) is 0.533. The van der Waals surface area contributed by atoms with Gasteiger partial charge in [-0.2, -0.15) is 18.0 Å². The maximum Gasteiger partial charge on any atom is 0.416 e. The lowest BCUT2D eigenvalue weighted by molar-refractivity contribution is -0.137. The van der Waals surface area contributed by atoms with Crippen LogP contribution in [0.3, 0.4) is 0 Å². The van der Waals surface area contributed by atoms with Crippen molar-refractivity contribution in [3.05, 3.63) is 29.8 Å². The van der Waals surface area contributed by atoms with Crippen LogP contribution >= 0.6 is 0 Å². The first-order valence-electron chi connectivity index (χ1n) is 7.78. The highest BCUT2D eigenvalue weighted by molar-refractivity contribution is 5.55. The van der Waals surface area contributed by atoms with Gasteiger partial charge < -0.3 is 4.74 Å². The average molecular weight is 341 g/mol. The van der Waals surface area contributed by atoms with Crippen LogP contribution in [0.15, 0.2) is 24.3 Å². The molecule has 0 saturated carbocycles. The third-order valence-electron chi connectivity index (χ3n) is 3.84. The molecule has 1 aliphatic rings. The quantitative estimate of drug-likeness (QED) is 0.833. The van der Waals surface area contributed by atoms with Gasteiger partial charge in [0.15, 0.2) is 0 Å². The van der Waals surface area contributed by atoms with Crippen molar-refractivity contribution in [2.45, 2.75) is 19.1 Å². The molecule has 0 amide bonds. The fourth-order valence-corrected chi connectivity index (χ4v) is 2.55. The van der Waals surface area contributed by atoms with E-state index in [9.17, 15) is 13.2 Å². The summed E-state index contributed by atoms with van der Waals surface area (Å²) in [6.07, 6.45) is -3.54. The number of tetrazole rings is 1. The van der Waals surface area contributed by atoms with Crippen molar-refractivity contribution in [2.75, 3.05) is 32.8 Å². The van der Waals surface area contributed by atoms with E-state index in [0.29, 0.717) is 12.1 Å². The normalized spacial score (nSPS) is 16.5. The first-order chi connectivity index (χ1) is 11.5. The molecule has 1 aromatic heterocycles. The van der Waals surface area contributed by atoms with Gasteiger partial charge in [-0.05, 0) is 23.8 Å². The number of aromatic nitrogens is 4. The largest absolute Gasteiger partial charge is 0.416 e. The summed E-state index contributed by atoms with van der Waals surface area (Å²) in [5.74, 6) is 0.201. The molecule has 1 aromatic carbocycles. The Morgan fingerprint density at radius 1 is 1.12 bits per heavy atom. The van der Waals surface area contributed by atoms with Gasteiger partial charge in [0.05, 0.1) is 25.3 Å². The van der Waals surface area contributed by atoms with Crippen molar-refractivity contribution >= 4 is 0 Å². The highest BCUT2D eigenvalue weighted by Gasteiger charge is 2.30. The zero-order valence-electron chi connectivity index (χ0n) is 13.0. The maximum absolute atomic E-state index is 12.8. The van der Waals surface area contributed by atoms with Crippen LogP contribution in [0.5, 0.6) is 0 Å². The lowest BCUT2D eigenvalue weighted by atomic mass is 10.1. The molecule has 130 valence electrons. The maximum atomic E-state index is 12.8. The highest BCUT2D eigenvalue weighted by atomic mass is 19.4. The van der Waals surface area contributed by atoms with E-state index in [0.717, 1.165) is 51.4 Å². The van der Waals surface area contributed by atoms with Crippen LogP contribution in [0.2, 0.25) is 0 Å². The Hall–Kier alpha value is -2.00. The Morgan fingerprint density at radius 3 is 2.67 bits per heavy atom. The van der Waals surface area contributed by atoms with E-state index in [1.807, 2.05) is 0 Å². The summed E-state index contributed by atoms with van der Waals surface area (Å²) in [6, 6.07) is 4.95. The predicted octanol–water partition coefficient (Wildman–Crippen LogP) is 2.08. The molecule has 24 heavy (non-hydrogen) atoms. The Bertz CT molecular complexity index is 667. The van der Waals surface area contributed by atoms with Gasteiger partial charge in [0.25, 0.3) is 0 Å². The van der Waals surface area contributed by atoms with Gasteiger partial charge in [-0.3, -0.25) is 4.90 Å². The van der Waals surface area contributed by atoms with Crippen LogP contribution in [-0.4, -0.2) is 58.0 Å². The van der Waals surface area contributed by atoms with Gasteiger partial charge in [-0.1, -0.05) is 12.1 Å². The van der Waals surface area contributed by atoms with Gasteiger partial charge in [0.2, 0.25) is 5.82 Å². The van der Waals surface area contributed by atoms with Gasteiger partial charge in [-0.15, -0.1) is 10.2 Å². The first kappa shape index (κ1) is 16.8. The standard InChI is InChI=1S/C15H18F3N5O/c16-15(17,18)13-4-1-3-12(11-13)14-19-21-23(20-14)6-2-5-22-7-9-24-10-8-22/h1,3-4,11H,2,5-10H2. The molecule has 9 heteroatoms. The number of benzene rings is 1. The summed E-state index contributed by atoms with van der Waals surface area (Å²) in [5.41, 5.74) is -0.409. The molecule has 1 fully saturated rings. The Balaban J connectivity index is 1.59. The van der Waals surface area contributed by atoms with Gasteiger partial charge in [-0.25, -0.2) is 0 Å². The Labute approximate surface area is 137 Å². The topological polar surface area (TPSA) is 56.1 Å². The van der Waals surface area contributed by atoms with Crippen molar-refractivity contribution in [1.82, 2.24) is 25.1 Å². The van der Waals surface area contributed by atoms with Gasteiger partial charge in [0.1, 0.15) is 0 Å². The van der Waals surface area contributed by atoms with Crippen molar-refractivity contribution in [3.63, 3.8) is 0 Å². The molecule has 0 bridgehead atoms. The monoisotopic (exact) mass is 341 g/mol. The van der Waals surface area contributed by atoms with Crippen LogP contribution in [0.1, 0.15) is 12.0 Å². The summed E-state index contributed by atoms with van der Waals surface area (Å²) in [7, 11) is 0. The average Bonchev–Trinajstić information content (AvgIpc) is 3.04. The molecule has 1 saturated heterocycles. The smallest absolute Gasteiger partial charge is 0.379 e. The van der Waals surface area contributed by atoms with E-state index >= 15 is 0 Å². The number of alkyl halides is 3. The second-order valence-corrected chi connectivity index (χ2v) is 5.60. The zero-order valence-corrected chi connectivity index (χ0v) is 13.0. The fourth-order valence-electron chi connectivity index (χ4n) is 2.55. The first-order valence-corrected chi connectivity index (χ1v) is 7.78. The zero-order chi connectivity index (χ0) is 17.0. The van der Waals surface area contributed by atoms with E-state index in [-0.39, 0.29) is 5.82 Å². The van der Waals surface area contributed by atoms with Crippen LogP contribution < -0.4 is 0 Å². The number of hydrogen-bond acceptors (Lipinski definition) is 5. The molecule has 0 N–H and O–H groups in total. The van der Waals surface area contributed by atoms with Crippen LogP contribution in [0.25, 0.3) is 11.4 Å². The number of halogens is 3. The number of rotatable bonds is 5.